The van der Waals surface area contributed by atoms with Crippen LogP contribution in [0.3, 0.4) is 0 Å². The van der Waals surface area contributed by atoms with Gasteiger partial charge < -0.3 is 10.4 Å². The Hall–Kier alpha value is -2.48. The van der Waals surface area contributed by atoms with Crippen LogP contribution in [0.25, 0.3) is 0 Å². The summed E-state index contributed by atoms with van der Waals surface area (Å²) in [6, 6.07) is 6.26. The number of carbonyl (C=O) groups excluding carboxylic acids is 1. The van der Waals surface area contributed by atoms with Crippen molar-refractivity contribution in [2.75, 3.05) is 10.6 Å². The molecule has 0 bridgehead atoms. The van der Waals surface area contributed by atoms with E-state index < -0.39 is 12.0 Å². The molecule has 1 aromatic heterocycles. The molecule has 116 valence electrons. The molecule has 2 aromatic rings. The number of carboxylic acid groups (broad SMARTS) is 1. The van der Waals surface area contributed by atoms with Crippen LogP contribution in [0.1, 0.15) is 24.7 Å². The normalized spacial score (nSPS) is 10.2. The Bertz CT molecular complexity index is 672. The van der Waals surface area contributed by atoms with E-state index in [0.29, 0.717) is 22.2 Å². The van der Waals surface area contributed by atoms with Crippen LogP contribution in [0.5, 0.6) is 0 Å². The van der Waals surface area contributed by atoms with Gasteiger partial charge in [0.1, 0.15) is 5.82 Å². The van der Waals surface area contributed by atoms with Crippen molar-refractivity contribution in [1.82, 2.24) is 9.36 Å². The van der Waals surface area contributed by atoms with Crippen molar-refractivity contribution in [2.45, 2.75) is 26.2 Å². The molecule has 0 aliphatic carbocycles. The summed E-state index contributed by atoms with van der Waals surface area (Å²) in [5, 5.41) is 14.4. The van der Waals surface area contributed by atoms with E-state index in [1.165, 1.54) is 0 Å². The molecular weight excluding hydrogens is 304 g/mol. The van der Waals surface area contributed by atoms with Crippen LogP contribution < -0.4 is 10.6 Å². The lowest BCUT2D eigenvalue weighted by Crippen LogP contribution is -2.19. The van der Waals surface area contributed by atoms with Crippen LogP contribution >= 0.6 is 11.5 Å². The molecule has 0 spiro atoms. The Morgan fingerprint density at radius 2 is 2.14 bits per heavy atom. The number of rotatable bonds is 6. The van der Waals surface area contributed by atoms with Crippen molar-refractivity contribution in [3.8, 4) is 0 Å². The van der Waals surface area contributed by atoms with Gasteiger partial charge in [0.25, 0.3) is 0 Å². The highest BCUT2D eigenvalue weighted by molar-refractivity contribution is 7.09. The molecule has 3 N–H and O–H groups in total. The van der Waals surface area contributed by atoms with Crippen molar-refractivity contribution in [1.29, 1.82) is 0 Å². The van der Waals surface area contributed by atoms with E-state index in [-0.39, 0.29) is 6.42 Å². The van der Waals surface area contributed by atoms with Gasteiger partial charge in [0, 0.05) is 23.6 Å². The van der Waals surface area contributed by atoms with Gasteiger partial charge >= 0.3 is 12.0 Å². The molecule has 22 heavy (non-hydrogen) atoms. The third-order valence-electron chi connectivity index (χ3n) is 2.70. The molecule has 0 fully saturated rings. The maximum atomic E-state index is 11.9. The second-order valence-electron chi connectivity index (χ2n) is 4.62. The van der Waals surface area contributed by atoms with Gasteiger partial charge in [0.2, 0.25) is 5.13 Å². The lowest BCUT2D eigenvalue weighted by molar-refractivity contribution is -0.136. The van der Waals surface area contributed by atoms with Gasteiger partial charge in [-0.2, -0.15) is 4.37 Å². The SMILES string of the molecule is CCCc1nsc(NC(=O)Nc2cccc(CC(=O)O)c2)n1. The molecule has 1 heterocycles. The number of nitrogens with zero attached hydrogens (tertiary/aromatic N) is 2. The zero-order valence-electron chi connectivity index (χ0n) is 12.0. The van der Waals surface area contributed by atoms with Gasteiger partial charge in [0.15, 0.2) is 0 Å². The predicted octanol–water partition coefficient (Wildman–Crippen LogP) is 2.76. The number of hydrogen-bond acceptors (Lipinski definition) is 5. The van der Waals surface area contributed by atoms with Crippen molar-refractivity contribution in [3.63, 3.8) is 0 Å². The highest BCUT2D eigenvalue weighted by atomic mass is 32.1. The number of aryl methyl sites for hydroxylation is 1. The number of nitrogens with one attached hydrogen (secondary N) is 2. The van der Waals surface area contributed by atoms with E-state index in [2.05, 4.69) is 20.0 Å². The Labute approximate surface area is 131 Å². The molecule has 0 aliphatic rings. The Kier molecular flexibility index (Phi) is 5.42. The number of aliphatic carboxylic acids is 1. The number of carboxylic acids is 1. The molecule has 7 nitrogen and oxygen atoms in total. The highest BCUT2D eigenvalue weighted by Crippen LogP contribution is 2.14. The fraction of sp³-hybridized carbons (Fsp3) is 0.286. The van der Waals surface area contributed by atoms with Crippen molar-refractivity contribution in [3.05, 3.63) is 35.7 Å². The van der Waals surface area contributed by atoms with Crippen molar-refractivity contribution < 1.29 is 14.7 Å². The van der Waals surface area contributed by atoms with Crippen LogP contribution in [0, 0.1) is 0 Å². The number of urea groups is 1. The summed E-state index contributed by atoms with van der Waals surface area (Å²) in [6.07, 6.45) is 1.63. The molecule has 8 heteroatoms. The first kappa shape index (κ1) is 15.9. The summed E-state index contributed by atoms with van der Waals surface area (Å²) < 4.78 is 4.14. The predicted molar refractivity (Wildman–Crippen MR) is 84.3 cm³/mol. The van der Waals surface area contributed by atoms with Gasteiger partial charge in [-0.3, -0.25) is 10.1 Å². The minimum atomic E-state index is -0.918. The summed E-state index contributed by atoms with van der Waals surface area (Å²) in [6.45, 7) is 2.03. The van der Waals surface area contributed by atoms with Crippen LogP contribution in [0.2, 0.25) is 0 Å². The molecule has 0 radical (unpaired) electrons. The van der Waals surface area contributed by atoms with Crippen LogP contribution in [0.15, 0.2) is 24.3 Å². The number of amides is 2. The molecule has 0 atom stereocenters. The van der Waals surface area contributed by atoms with E-state index in [1.807, 2.05) is 6.92 Å². The number of benzene rings is 1. The lowest BCUT2D eigenvalue weighted by atomic mass is 10.1. The Morgan fingerprint density at radius 3 is 2.86 bits per heavy atom. The van der Waals surface area contributed by atoms with Gasteiger partial charge in [-0.15, -0.1) is 0 Å². The number of carbonyl (C=O) groups is 2. The largest absolute Gasteiger partial charge is 0.481 e. The molecule has 0 saturated heterocycles. The molecule has 0 aliphatic heterocycles. The minimum absolute atomic E-state index is 0.0894. The van der Waals surface area contributed by atoms with Crippen LogP contribution in [0.4, 0.5) is 15.6 Å². The summed E-state index contributed by atoms with van der Waals surface area (Å²) in [7, 11) is 0. The first-order valence-corrected chi connectivity index (χ1v) is 7.55. The van der Waals surface area contributed by atoms with Gasteiger partial charge in [-0.1, -0.05) is 19.1 Å². The van der Waals surface area contributed by atoms with Gasteiger partial charge in [-0.25, -0.2) is 9.78 Å². The zero-order valence-corrected chi connectivity index (χ0v) is 12.8. The molecule has 2 amide bonds. The maximum Gasteiger partial charge on any atom is 0.325 e. The fourth-order valence-electron chi connectivity index (χ4n) is 1.82. The van der Waals surface area contributed by atoms with E-state index >= 15 is 0 Å². The maximum absolute atomic E-state index is 11.9. The summed E-state index contributed by atoms with van der Waals surface area (Å²) in [4.78, 5) is 26.8. The molecule has 0 saturated carbocycles. The average molecular weight is 320 g/mol. The highest BCUT2D eigenvalue weighted by Gasteiger charge is 2.08. The third-order valence-corrected chi connectivity index (χ3v) is 3.37. The first-order valence-electron chi connectivity index (χ1n) is 6.78. The number of aromatic nitrogens is 2. The first-order chi connectivity index (χ1) is 10.6. The van der Waals surface area contributed by atoms with Crippen molar-refractivity contribution >= 4 is 34.4 Å². The number of anilines is 2. The third kappa shape index (κ3) is 4.81. The summed E-state index contributed by atoms with van der Waals surface area (Å²) in [5.41, 5.74) is 1.14. The average Bonchev–Trinajstić information content (AvgIpc) is 2.86. The second-order valence-corrected chi connectivity index (χ2v) is 5.37. The van der Waals surface area contributed by atoms with E-state index in [1.54, 1.807) is 24.3 Å². The number of hydrogen-bond donors (Lipinski definition) is 3. The Morgan fingerprint density at radius 1 is 1.32 bits per heavy atom. The standard InChI is InChI=1S/C14H16N4O3S/c1-2-4-11-16-14(22-18-11)17-13(21)15-10-6-3-5-9(7-10)8-12(19)20/h3,5-7H,2,4,8H2,1H3,(H,19,20)(H2,15,16,17,18,21). The van der Waals surface area contributed by atoms with Crippen molar-refractivity contribution in [2.24, 2.45) is 0 Å². The minimum Gasteiger partial charge on any atom is -0.481 e. The van der Waals surface area contributed by atoms with E-state index in [4.69, 9.17) is 5.11 Å². The monoisotopic (exact) mass is 320 g/mol. The lowest BCUT2D eigenvalue weighted by Gasteiger charge is -2.06. The molecule has 0 unspecified atom stereocenters. The van der Waals surface area contributed by atoms with E-state index in [0.717, 1.165) is 24.4 Å². The summed E-state index contributed by atoms with van der Waals surface area (Å²) >= 11 is 1.13. The van der Waals surface area contributed by atoms with Gasteiger partial charge in [-0.05, 0) is 24.1 Å². The quantitative estimate of drug-likeness (QED) is 0.759. The second kappa shape index (κ2) is 7.51. The molecular formula is C14H16N4O3S. The van der Waals surface area contributed by atoms with Crippen LogP contribution in [-0.4, -0.2) is 26.5 Å². The van der Waals surface area contributed by atoms with Crippen LogP contribution in [-0.2, 0) is 17.6 Å². The zero-order chi connectivity index (χ0) is 15.9. The molecule has 1 aromatic carbocycles. The smallest absolute Gasteiger partial charge is 0.325 e. The molecule has 2 rings (SSSR count). The van der Waals surface area contributed by atoms with Gasteiger partial charge in [0.05, 0.1) is 6.42 Å². The van der Waals surface area contributed by atoms with E-state index in [9.17, 15) is 9.59 Å². The Balaban J connectivity index is 1.94. The fourth-order valence-corrected chi connectivity index (χ4v) is 2.43. The topological polar surface area (TPSA) is 104 Å². The summed E-state index contributed by atoms with van der Waals surface area (Å²) in [5.74, 6) is -0.204.